The molecule has 0 saturated heterocycles. The lowest BCUT2D eigenvalue weighted by atomic mass is 10.1. The maximum absolute atomic E-state index is 12.6. The molecule has 0 aliphatic heterocycles. The SMILES string of the molecule is CCN(C(=O)COC(=O)c1ccc(Br)o1)c1cccc2ccccc12. The van der Waals surface area contributed by atoms with Gasteiger partial charge in [-0.1, -0.05) is 36.4 Å². The molecule has 128 valence electrons. The molecule has 0 N–H and O–H groups in total. The van der Waals surface area contributed by atoms with Crippen LogP contribution in [0.2, 0.25) is 0 Å². The summed E-state index contributed by atoms with van der Waals surface area (Å²) in [6.45, 7) is 2.00. The highest BCUT2D eigenvalue weighted by Crippen LogP contribution is 2.26. The molecular weight excluding hydrogens is 386 g/mol. The van der Waals surface area contributed by atoms with Gasteiger partial charge in [-0.3, -0.25) is 4.79 Å². The van der Waals surface area contributed by atoms with Crippen LogP contribution in [0.3, 0.4) is 0 Å². The molecule has 0 bridgehead atoms. The van der Waals surface area contributed by atoms with Gasteiger partial charge in [0.1, 0.15) is 0 Å². The second-order valence-corrected chi connectivity index (χ2v) is 6.10. The fourth-order valence-corrected chi connectivity index (χ4v) is 2.93. The van der Waals surface area contributed by atoms with Crippen LogP contribution in [0, 0.1) is 0 Å². The minimum atomic E-state index is -0.673. The number of esters is 1. The summed E-state index contributed by atoms with van der Waals surface area (Å²) in [5.74, 6) is -0.918. The molecule has 0 aliphatic rings. The lowest BCUT2D eigenvalue weighted by Crippen LogP contribution is -2.34. The summed E-state index contributed by atoms with van der Waals surface area (Å²) in [5.41, 5.74) is 0.794. The molecule has 0 saturated carbocycles. The first-order valence-corrected chi connectivity index (χ1v) is 8.60. The number of carbonyl (C=O) groups is 2. The van der Waals surface area contributed by atoms with Crippen LogP contribution in [0.5, 0.6) is 0 Å². The van der Waals surface area contributed by atoms with Gasteiger partial charge < -0.3 is 14.1 Å². The van der Waals surface area contributed by atoms with E-state index in [0.717, 1.165) is 16.5 Å². The smallest absolute Gasteiger partial charge is 0.374 e. The van der Waals surface area contributed by atoms with Crippen molar-refractivity contribution in [1.29, 1.82) is 0 Å². The van der Waals surface area contributed by atoms with Gasteiger partial charge in [0.15, 0.2) is 11.3 Å². The number of halogens is 1. The molecule has 1 heterocycles. The Bertz CT molecular complexity index is 913. The largest absolute Gasteiger partial charge is 0.450 e. The number of ether oxygens (including phenoxy) is 1. The second-order valence-electron chi connectivity index (χ2n) is 5.32. The zero-order chi connectivity index (χ0) is 17.8. The van der Waals surface area contributed by atoms with Crippen molar-refractivity contribution in [3.63, 3.8) is 0 Å². The minimum absolute atomic E-state index is 0.0490. The molecule has 0 radical (unpaired) electrons. The number of furan rings is 1. The quantitative estimate of drug-likeness (QED) is 0.594. The summed E-state index contributed by atoms with van der Waals surface area (Å²) < 4.78 is 10.6. The summed E-state index contributed by atoms with van der Waals surface area (Å²) in [4.78, 5) is 26.1. The molecule has 5 nitrogen and oxygen atoms in total. The van der Waals surface area contributed by atoms with Crippen LogP contribution in [0.25, 0.3) is 10.8 Å². The Balaban J connectivity index is 1.76. The topological polar surface area (TPSA) is 59.8 Å². The minimum Gasteiger partial charge on any atom is -0.450 e. The maximum atomic E-state index is 12.6. The van der Waals surface area contributed by atoms with Crippen molar-refractivity contribution < 1.29 is 18.7 Å². The number of hydrogen-bond acceptors (Lipinski definition) is 4. The van der Waals surface area contributed by atoms with Crippen LogP contribution in [0.15, 0.2) is 63.7 Å². The van der Waals surface area contributed by atoms with E-state index in [1.165, 1.54) is 6.07 Å². The Hall–Kier alpha value is -2.60. The number of benzene rings is 2. The van der Waals surface area contributed by atoms with Crippen LogP contribution < -0.4 is 4.90 Å². The lowest BCUT2D eigenvalue weighted by Gasteiger charge is -2.22. The van der Waals surface area contributed by atoms with Crippen molar-refractivity contribution in [2.24, 2.45) is 0 Å². The van der Waals surface area contributed by atoms with Crippen molar-refractivity contribution in [3.05, 3.63) is 65.0 Å². The number of fused-ring (bicyclic) bond motifs is 1. The van der Waals surface area contributed by atoms with Crippen molar-refractivity contribution in [2.45, 2.75) is 6.92 Å². The second kappa shape index (κ2) is 7.53. The first-order valence-electron chi connectivity index (χ1n) is 7.80. The van der Waals surface area contributed by atoms with Crippen molar-refractivity contribution in [1.82, 2.24) is 0 Å². The normalized spacial score (nSPS) is 10.6. The van der Waals surface area contributed by atoms with E-state index in [2.05, 4.69) is 15.9 Å². The van der Waals surface area contributed by atoms with E-state index in [1.807, 2.05) is 49.4 Å². The van der Waals surface area contributed by atoms with E-state index in [0.29, 0.717) is 11.2 Å². The van der Waals surface area contributed by atoms with E-state index in [4.69, 9.17) is 9.15 Å². The van der Waals surface area contributed by atoms with Gasteiger partial charge in [-0.2, -0.15) is 0 Å². The molecule has 0 atom stereocenters. The molecule has 0 fully saturated rings. The van der Waals surface area contributed by atoms with Crippen LogP contribution >= 0.6 is 15.9 Å². The van der Waals surface area contributed by atoms with Gasteiger partial charge >= 0.3 is 5.97 Å². The monoisotopic (exact) mass is 401 g/mol. The van der Waals surface area contributed by atoms with Crippen LogP contribution in [0.1, 0.15) is 17.5 Å². The molecule has 0 unspecified atom stereocenters. The van der Waals surface area contributed by atoms with E-state index in [1.54, 1.807) is 11.0 Å². The molecule has 25 heavy (non-hydrogen) atoms. The average molecular weight is 402 g/mol. The van der Waals surface area contributed by atoms with E-state index in [9.17, 15) is 9.59 Å². The summed E-state index contributed by atoms with van der Waals surface area (Å²) in [6, 6.07) is 16.7. The van der Waals surface area contributed by atoms with Crippen molar-refractivity contribution >= 4 is 44.3 Å². The Kier molecular flexibility index (Phi) is 5.19. The maximum Gasteiger partial charge on any atom is 0.374 e. The first kappa shape index (κ1) is 17.2. The van der Waals surface area contributed by atoms with Crippen molar-refractivity contribution in [3.8, 4) is 0 Å². The molecule has 1 aromatic heterocycles. The van der Waals surface area contributed by atoms with Crippen LogP contribution in [-0.2, 0) is 9.53 Å². The highest BCUT2D eigenvalue weighted by atomic mass is 79.9. The number of amides is 1. The summed E-state index contributed by atoms with van der Waals surface area (Å²) in [5, 5.41) is 2.02. The average Bonchev–Trinajstić information content (AvgIpc) is 3.07. The summed E-state index contributed by atoms with van der Waals surface area (Å²) in [6.07, 6.45) is 0. The first-order chi connectivity index (χ1) is 12.1. The summed E-state index contributed by atoms with van der Waals surface area (Å²) in [7, 11) is 0. The predicted molar refractivity (Wildman–Crippen MR) is 98.7 cm³/mol. The fraction of sp³-hybridized carbons (Fsp3) is 0.158. The number of carbonyl (C=O) groups excluding carboxylic acids is 2. The predicted octanol–water partition coefficient (Wildman–Crippen LogP) is 4.41. The number of rotatable bonds is 5. The van der Waals surface area contributed by atoms with Crippen LogP contribution in [0.4, 0.5) is 5.69 Å². The van der Waals surface area contributed by atoms with E-state index in [-0.39, 0.29) is 18.3 Å². The molecule has 2 aromatic carbocycles. The van der Waals surface area contributed by atoms with Gasteiger partial charge in [-0.15, -0.1) is 0 Å². The Labute approximate surface area is 153 Å². The number of hydrogen-bond donors (Lipinski definition) is 0. The molecule has 0 aliphatic carbocycles. The third kappa shape index (κ3) is 3.74. The standard InChI is InChI=1S/C19H16BrNO4/c1-2-21(15-9-5-7-13-6-3-4-8-14(13)15)18(22)12-24-19(23)16-10-11-17(20)25-16/h3-11H,2,12H2,1H3. The molecule has 1 amide bonds. The van der Waals surface area contributed by atoms with Gasteiger partial charge in [0.2, 0.25) is 5.76 Å². The molecule has 3 aromatic rings. The van der Waals surface area contributed by atoms with Crippen LogP contribution in [-0.4, -0.2) is 25.0 Å². The van der Waals surface area contributed by atoms with Gasteiger partial charge in [-0.05, 0) is 46.4 Å². The molecule has 6 heteroatoms. The highest BCUT2D eigenvalue weighted by molar-refractivity contribution is 9.10. The third-order valence-electron chi connectivity index (χ3n) is 3.78. The van der Waals surface area contributed by atoms with Gasteiger partial charge in [0.25, 0.3) is 5.91 Å². The Morgan fingerprint density at radius 3 is 2.56 bits per heavy atom. The van der Waals surface area contributed by atoms with Gasteiger partial charge in [0.05, 0.1) is 5.69 Å². The molecule has 0 spiro atoms. The Morgan fingerprint density at radius 1 is 1.08 bits per heavy atom. The van der Waals surface area contributed by atoms with Gasteiger partial charge in [0, 0.05) is 11.9 Å². The Morgan fingerprint density at radius 2 is 1.84 bits per heavy atom. The van der Waals surface area contributed by atoms with Crippen molar-refractivity contribution in [2.75, 3.05) is 18.1 Å². The summed E-state index contributed by atoms with van der Waals surface area (Å²) >= 11 is 3.12. The fourth-order valence-electron chi connectivity index (χ4n) is 2.63. The number of likely N-dealkylation sites (N-methyl/N-ethyl adjacent to an activating group) is 1. The third-order valence-corrected chi connectivity index (χ3v) is 4.20. The van der Waals surface area contributed by atoms with E-state index < -0.39 is 5.97 Å². The van der Waals surface area contributed by atoms with Gasteiger partial charge in [-0.25, -0.2) is 4.79 Å². The lowest BCUT2D eigenvalue weighted by molar-refractivity contribution is -0.121. The van der Waals surface area contributed by atoms with E-state index >= 15 is 0 Å². The molecule has 3 rings (SSSR count). The number of anilines is 1. The molecular formula is C19H16BrNO4. The zero-order valence-electron chi connectivity index (χ0n) is 13.6. The zero-order valence-corrected chi connectivity index (χ0v) is 15.2. The highest BCUT2D eigenvalue weighted by Gasteiger charge is 2.19. The number of nitrogens with zero attached hydrogens (tertiary/aromatic N) is 1.